The van der Waals surface area contributed by atoms with Crippen molar-refractivity contribution >= 4 is 23.4 Å². The summed E-state index contributed by atoms with van der Waals surface area (Å²) in [5, 5.41) is 13.3. The lowest BCUT2D eigenvalue weighted by Gasteiger charge is -2.40. The molecule has 4 atom stereocenters. The van der Waals surface area contributed by atoms with E-state index in [-0.39, 0.29) is 28.3 Å². The number of anilines is 1. The standard InChI is InChI=1S/C22H22F3NO2S/c1-22(28)13-3-4-14(22)10-16(9-13)29-20-8-12(2-6-18(20)24)21(27)26-15-5-7-17(23)19(25)11-15/h2,5-8,11,13-14,16,28H,3-4,9-10H2,1H3,(H,26,27)/t13-,14?,16?,22?/m0/s1. The smallest absolute Gasteiger partial charge is 0.255 e. The van der Waals surface area contributed by atoms with Gasteiger partial charge in [-0.3, -0.25) is 4.79 Å². The van der Waals surface area contributed by atoms with Crippen molar-refractivity contribution in [3.05, 3.63) is 59.4 Å². The van der Waals surface area contributed by atoms with Crippen molar-refractivity contribution in [2.45, 2.75) is 48.4 Å². The Morgan fingerprint density at radius 3 is 2.34 bits per heavy atom. The van der Waals surface area contributed by atoms with Crippen LogP contribution in [0.5, 0.6) is 0 Å². The summed E-state index contributed by atoms with van der Waals surface area (Å²) in [4.78, 5) is 12.9. The first-order valence-electron chi connectivity index (χ1n) is 9.69. The quantitative estimate of drug-likeness (QED) is 0.696. The van der Waals surface area contributed by atoms with Gasteiger partial charge in [-0.25, -0.2) is 13.2 Å². The Balaban J connectivity index is 1.47. The summed E-state index contributed by atoms with van der Waals surface area (Å²) >= 11 is 1.41. The fourth-order valence-electron chi connectivity index (χ4n) is 4.55. The van der Waals surface area contributed by atoms with Crippen molar-refractivity contribution < 1.29 is 23.1 Å². The molecule has 2 N–H and O–H groups in total. The number of rotatable bonds is 4. The van der Waals surface area contributed by atoms with E-state index in [1.165, 1.54) is 36.0 Å². The minimum Gasteiger partial charge on any atom is -0.390 e. The first-order chi connectivity index (χ1) is 13.7. The lowest BCUT2D eigenvalue weighted by Crippen LogP contribution is -2.42. The van der Waals surface area contributed by atoms with E-state index >= 15 is 0 Å². The van der Waals surface area contributed by atoms with Gasteiger partial charge in [-0.05, 0) is 74.8 Å². The van der Waals surface area contributed by atoms with Crippen molar-refractivity contribution in [1.29, 1.82) is 0 Å². The number of carbonyl (C=O) groups is 1. The molecule has 0 radical (unpaired) electrons. The SMILES string of the molecule is CC1(O)C2CC[C@H]1CC(Sc1cc(C(=O)Nc3ccc(F)c(F)c3)ccc1F)C2. The molecule has 2 aromatic rings. The van der Waals surface area contributed by atoms with Gasteiger partial charge in [0.1, 0.15) is 5.82 Å². The number of amides is 1. The average molecular weight is 421 g/mol. The van der Waals surface area contributed by atoms with Crippen molar-refractivity contribution in [3.63, 3.8) is 0 Å². The van der Waals surface area contributed by atoms with Gasteiger partial charge in [-0.2, -0.15) is 0 Å². The van der Waals surface area contributed by atoms with Crippen LogP contribution in [-0.2, 0) is 0 Å². The Kier molecular flexibility index (Phi) is 5.38. The second-order valence-corrected chi connectivity index (χ2v) is 9.48. The van der Waals surface area contributed by atoms with Gasteiger partial charge in [0.05, 0.1) is 5.60 Å². The van der Waals surface area contributed by atoms with Crippen molar-refractivity contribution in [3.8, 4) is 0 Å². The molecule has 1 amide bonds. The highest BCUT2D eigenvalue weighted by atomic mass is 32.2. The van der Waals surface area contributed by atoms with Crippen LogP contribution in [0.4, 0.5) is 18.9 Å². The molecule has 3 nitrogen and oxygen atoms in total. The number of aliphatic hydroxyl groups is 1. The Bertz CT molecular complexity index is 934. The monoisotopic (exact) mass is 421 g/mol. The van der Waals surface area contributed by atoms with Crippen LogP contribution in [0, 0.1) is 29.3 Å². The Hall–Kier alpha value is -1.99. The second kappa shape index (κ2) is 7.69. The minimum atomic E-state index is -1.05. The number of carbonyl (C=O) groups excluding carboxylic acids is 1. The first-order valence-corrected chi connectivity index (χ1v) is 10.6. The molecule has 2 fully saturated rings. The topological polar surface area (TPSA) is 49.3 Å². The van der Waals surface area contributed by atoms with E-state index in [0.29, 0.717) is 4.90 Å². The van der Waals surface area contributed by atoms with Crippen LogP contribution < -0.4 is 5.32 Å². The van der Waals surface area contributed by atoms with Crippen LogP contribution in [0.1, 0.15) is 43.0 Å². The van der Waals surface area contributed by atoms with Crippen molar-refractivity contribution in [2.75, 3.05) is 5.32 Å². The Morgan fingerprint density at radius 1 is 1.03 bits per heavy atom. The summed E-state index contributed by atoms with van der Waals surface area (Å²) in [6, 6.07) is 7.20. The van der Waals surface area contributed by atoms with Crippen LogP contribution in [0.25, 0.3) is 0 Å². The fraction of sp³-hybridized carbons (Fsp3) is 0.409. The molecule has 4 rings (SSSR count). The van der Waals surface area contributed by atoms with Gasteiger partial charge in [-0.1, -0.05) is 0 Å². The molecule has 0 heterocycles. The van der Waals surface area contributed by atoms with Gasteiger partial charge < -0.3 is 10.4 Å². The fourth-order valence-corrected chi connectivity index (χ4v) is 5.94. The van der Waals surface area contributed by atoms with Gasteiger partial charge in [0.25, 0.3) is 5.91 Å². The van der Waals surface area contributed by atoms with Gasteiger partial charge in [0.15, 0.2) is 11.6 Å². The zero-order valence-corrected chi connectivity index (χ0v) is 16.7. The molecule has 2 aromatic carbocycles. The number of hydrogen-bond donors (Lipinski definition) is 2. The highest BCUT2D eigenvalue weighted by Crippen LogP contribution is 2.53. The zero-order chi connectivity index (χ0) is 20.8. The van der Waals surface area contributed by atoms with Crippen LogP contribution in [-0.4, -0.2) is 21.9 Å². The lowest BCUT2D eigenvalue weighted by molar-refractivity contribution is -0.0407. The molecule has 0 aromatic heterocycles. The Morgan fingerprint density at radius 2 is 1.69 bits per heavy atom. The van der Waals surface area contributed by atoms with E-state index in [1.54, 1.807) is 0 Å². The molecule has 3 unspecified atom stereocenters. The van der Waals surface area contributed by atoms with Gasteiger partial charge in [0, 0.05) is 27.5 Å². The van der Waals surface area contributed by atoms with Crippen molar-refractivity contribution in [1.82, 2.24) is 0 Å². The molecule has 0 saturated heterocycles. The van der Waals surface area contributed by atoms with Crippen LogP contribution in [0.15, 0.2) is 41.3 Å². The summed E-state index contributed by atoms with van der Waals surface area (Å²) in [7, 11) is 0. The number of fused-ring (bicyclic) bond motifs is 2. The lowest BCUT2D eigenvalue weighted by atomic mass is 9.76. The predicted molar refractivity (Wildman–Crippen MR) is 106 cm³/mol. The second-order valence-electron chi connectivity index (χ2n) is 8.14. The molecule has 0 spiro atoms. The van der Waals surface area contributed by atoms with Crippen LogP contribution >= 0.6 is 11.8 Å². The van der Waals surface area contributed by atoms with E-state index in [0.717, 1.165) is 37.8 Å². The van der Waals surface area contributed by atoms with E-state index in [9.17, 15) is 23.1 Å². The maximum absolute atomic E-state index is 14.4. The molecule has 2 bridgehead atoms. The number of halogens is 3. The molecular formula is C22H22F3NO2S. The number of hydrogen-bond acceptors (Lipinski definition) is 3. The third-order valence-electron chi connectivity index (χ3n) is 6.28. The highest BCUT2D eigenvalue weighted by Gasteiger charge is 2.50. The van der Waals surface area contributed by atoms with Crippen LogP contribution in [0.2, 0.25) is 0 Å². The summed E-state index contributed by atoms with van der Waals surface area (Å²) in [6.07, 6.45) is 3.62. The predicted octanol–water partition coefficient (Wildman–Crippen LogP) is 5.39. The molecule has 7 heteroatoms. The third-order valence-corrected chi connectivity index (χ3v) is 7.56. The largest absolute Gasteiger partial charge is 0.390 e. The van der Waals surface area contributed by atoms with E-state index in [4.69, 9.17) is 0 Å². The summed E-state index contributed by atoms with van der Waals surface area (Å²) < 4.78 is 40.8. The average Bonchev–Trinajstić information content (AvgIpc) is 2.84. The molecule has 0 aliphatic heterocycles. The molecule has 2 saturated carbocycles. The Labute approximate surface area is 171 Å². The first kappa shape index (κ1) is 20.3. The number of thioether (sulfide) groups is 1. The maximum Gasteiger partial charge on any atom is 0.255 e. The van der Waals surface area contributed by atoms with Crippen LogP contribution in [0.3, 0.4) is 0 Å². The summed E-state index contributed by atoms with van der Waals surface area (Å²) in [6.45, 7) is 1.90. The molecule has 154 valence electrons. The van der Waals surface area contributed by atoms with E-state index in [2.05, 4.69) is 5.32 Å². The maximum atomic E-state index is 14.4. The minimum absolute atomic E-state index is 0.124. The number of nitrogens with one attached hydrogen (secondary N) is 1. The highest BCUT2D eigenvalue weighted by molar-refractivity contribution is 8.00. The summed E-state index contributed by atoms with van der Waals surface area (Å²) in [5.74, 6) is -2.53. The van der Waals surface area contributed by atoms with Gasteiger partial charge >= 0.3 is 0 Å². The molecular weight excluding hydrogens is 399 g/mol. The molecule has 29 heavy (non-hydrogen) atoms. The third kappa shape index (κ3) is 4.03. The number of benzene rings is 2. The zero-order valence-electron chi connectivity index (χ0n) is 15.9. The van der Waals surface area contributed by atoms with E-state index in [1.807, 2.05) is 6.92 Å². The van der Waals surface area contributed by atoms with Gasteiger partial charge in [0.2, 0.25) is 0 Å². The van der Waals surface area contributed by atoms with E-state index < -0.39 is 29.0 Å². The van der Waals surface area contributed by atoms with Crippen molar-refractivity contribution in [2.24, 2.45) is 11.8 Å². The molecule has 2 aliphatic rings. The normalized spacial score (nSPS) is 28.4. The summed E-state index contributed by atoms with van der Waals surface area (Å²) in [5.41, 5.74) is -0.273. The molecule has 2 aliphatic carbocycles. The van der Waals surface area contributed by atoms with Gasteiger partial charge in [-0.15, -0.1) is 11.8 Å².